The fourth-order valence-corrected chi connectivity index (χ4v) is 12.4. The van der Waals surface area contributed by atoms with Crippen LogP contribution in [0.25, 0.3) is 0 Å². The number of β-lactam (4-membered cyclic amide) rings is 3. The Kier molecular flexibility index (Phi) is 26.0. The van der Waals surface area contributed by atoms with Crippen molar-refractivity contribution in [2.75, 3.05) is 36.0 Å². The zero-order valence-electron chi connectivity index (χ0n) is 61.6. The van der Waals surface area contributed by atoms with E-state index in [1.54, 1.807) is 62.3 Å². The summed E-state index contributed by atoms with van der Waals surface area (Å²) >= 11 is 0. The molecule has 107 heavy (non-hydrogen) atoms. The molecular weight excluding hydrogens is 1370 g/mol. The second-order valence-corrected chi connectivity index (χ2v) is 26.3. The number of nitrogens with zero attached hydrogens (tertiary/aromatic N) is 3. The predicted molar refractivity (Wildman–Crippen MR) is 397 cm³/mol. The lowest BCUT2D eigenvalue weighted by atomic mass is 9.88. The van der Waals surface area contributed by atoms with Gasteiger partial charge in [0.05, 0.1) is 65.9 Å². The maximum absolute atomic E-state index is 13.3. The second-order valence-electron chi connectivity index (χ2n) is 26.3. The molecular formula is C83H89N3O21. The first kappa shape index (κ1) is 79.1. The van der Waals surface area contributed by atoms with Gasteiger partial charge in [-0.05, 0) is 177 Å². The summed E-state index contributed by atoms with van der Waals surface area (Å²) in [6, 6.07) is 45.5. The van der Waals surface area contributed by atoms with E-state index in [9.17, 15) is 53.4 Å². The highest BCUT2D eigenvalue weighted by Gasteiger charge is 2.54. The molecule has 8 aromatic carbocycles. The number of rotatable bonds is 23. The van der Waals surface area contributed by atoms with E-state index in [0.717, 1.165) is 78.3 Å². The smallest absolute Gasteiger partial charge is 0.314 e. The van der Waals surface area contributed by atoms with E-state index in [1.807, 2.05) is 177 Å². The van der Waals surface area contributed by atoms with Crippen LogP contribution < -0.4 is 38.4 Å². The SMILES string of the molecule is COc1cc(N2C(=O)[C@H](O)[C@@H]2c2ccc(C)c(OCc3ccccc3)c2)cc(C)c1C.COc1cc(N2C(=O)[C@H](OC(=O)CCC(=O)O)[C@@H]2c2ccc(C)c(O)c2)cc(C)c1C.COc1cc(N2C(=O)[C@H](OC(=O)CCC(=O)O)[C@@H]2c2ccc(C)c(OCc3ccccc3)c2)cc(C)c1C.O=C1CCC(=O)O1.[HH]. The molecule has 0 saturated carbocycles. The van der Waals surface area contributed by atoms with Gasteiger partial charge in [0, 0.05) is 36.7 Å². The highest BCUT2D eigenvalue weighted by Crippen LogP contribution is 2.47. The Morgan fingerprint density at radius 1 is 0.421 bits per heavy atom. The number of aliphatic hydroxyl groups excluding tert-OH is 1. The largest absolute Gasteiger partial charge is 0.508 e. The third-order valence-electron chi connectivity index (χ3n) is 19.0. The molecule has 0 unspecified atom stereocenters. The van der Waals surface area contributed by atoms with Crippen LogP contribution >= 0.6 is 0 Å². The Hall–Kier alpha value is -12.1. The predicted octanol–water partition coefficient (Wildman–Crippen LogP) is 13.0. The highest BCUT2D eigenvalue weighted by molar-refractivity contribution is 6.08. The van der Waals surface area contributed by atoms with Crippen LogP contribution in [0.3, 0.4) is 0 Å². The van der Waals surface area contributed by atoms with Crippen LogP contribution in [0.2, 0.25) is 0 Å². The molecule has 12 rings (SSSR count). The third-order valence-corrected chi connectivity index (χ3v) is 19.0. The van der Waals surface area contributed by atoms with Gasteiger partial charge in [0.1, 0.15) is 59.8 Å². The van der Waals surface area contributed by atoms with Crippen molar-refractivity contribution in [3.8, 4) is 34.5 Å². The summed E-state index contributed by atoms with van der Waals surface area (Å²) in [5.74, 6) is -2.23. The zero-order chi connectivity index (χ0) is 77.7. The summed E-state index contributed by atoms with van der Waals surface area (Å²) in [6.45, 7) is 18.2. The Morgan fingerprint density at radius 2 is 0.766 bits per heavy atom. The lowest BCUT2D eigenvalue weighted by Gasteiger charge is -2.46. The van der Waals surface area contributed by atoms with Crippen LogP contribution in [-0.4, -0.2) is 114 Å². The number of phenols is 1. The summed E-state index contributed by atoms with van der Waals surface area (Å²) < 4.78 is 43.5. The molecule has 24 heteroatoms. The lowest BCUT2D eigenvalue weighted by molar-refractivity contribution is -0.163. The molecule has 0 aliphatic carbocycles. The van der Waals surface area contributed by atoms with E-state index in [1.165, 1.54) is 11.0 Å². The van der Waals surface area contributed by atoms with E-state index in [-0.39, 0.29) is 51.6 Å². The van der Waals surface area contributed by atoms with Crippen molar-refractivity contribution < 1.29 is 103 Å². The summed E-state index contributed by atoms with van der Waals surface area (Å²) in [5, 5.41) is 38.4. The number of carboxylic acid groups (broad SMARTS) is 2. The minimum absolute atomic E-state index is 0. The van der Waals surface area contributed by atoms with Gasteiger partial charge in [0.2, 0.25) is 12.2 Å². The third kappa shape index (κ3) is 18.7. The average Bonchev–Trinajstić information content (AvgIpc) is 0.791. The molecule has 0 bridgehead atoms. The van der Waals surface area contributed by atoms with Crippen LogP contribution in [0.5, 0.6) is 34.5 Å². The number of hydrogen-bond donors (Lipinski definition) is 4. The number of aromatic hydroxyl groups is 1. The fraction of sp³-hybridized carbons (Fsp3) is 0.313. The van der Waals surface area contributed by atoms with Gasteiger partial charge in [-0.2, -0.15) is 0 Å². The van der Waals surface area contributed by atoms with Crippen molar-refractivity contribution in [1.29, 1.82) is 0 Å². The Bertz CT molecular complexity index is 4670. The second kappa shape index (κ2) is 35.2. The molecule has 4 N–H and O–H groups in total. The summed E-state index contributed by atoms with van der Waals surface area (Å²) in [4.78, 5) is 110. The molecule has 562 valence electrons. The van der Waals surface area contributed by atoms with Gasteiger partial charge < -0.3 is 58.3 Å². The molecule has 4 heterocycles. The summed E-state index contributed by atoms with van der Waals surface area (Å²) in [5.41, 5.74) is 14.6. The molecule has 4 aliphatic rings. The number of anilines is 3. The van der Waals surface area contributed by atoms with Crippen molar-refractivity contribution in [2.45, 2.75) is 150 Å². The molecule has 8 aromatic rings. The first-order valence-corrected chi connectivity index (χ1v) is 34.6. The molecule has 6 atom stereocenters. The van der Waals surface area contributed by atoms with Gasteiger partial charge in [-0.3, -0.25) is 57.9 Å². The van der Waals surface area contributed by atoms with Crippen LogP contribution in [0.15, 0.2) is 152 Å². The van der Waals surface area contributed by atoms with Crippen LogP contribution in [-0.2, 0) is 70.6 Å². The van der Waals surface area contributed by atoms with Gasteiger partial charge in [-0.15, -0.1) is 0 Å². The van der Waals surface area contributed by atoms with Crippen LogP contribution in [0.1, 0.15) is 136 Å². The number of cyclic esters (lactones) is 2. The maximum atomic E-state index is 13.3. The topological polar surface area (TPSA) is 318 Å². The number of ether oxygens (including phenoxy) is 8. The van der Waals surface area contributed by atoms with E-state index in [2.05, 4.69) is 4.74 Å². The normalized spacial score (nSPS) is 17.5. The first-order valence-electron chi connectivity index (χ1n) is 34.6. The van der Waals surface area contributed by atoms with Crippen molar-refractivity contribution in [3.63, 3.8) is 0 Å². The zero-order valence-corrected chi connectivity index (χ0v) is 61.6. The van der Waals surface area contributed by atoms with Gasteiger partial charge in [-0.1, -0.05) is 97.1 Å². The monoisotopic (exact) mass is 1460 g/mol. The van der Waals surface area contributed by atoms with Gasteiger partial charge in [0.15, 0.2) is 6.10 Å². The molecule has 4 aliphatic heterocycles. The van der Waals surface area contributed by atoms with Gasteiger partial charge in [0.25, 0.3) is 17.7 Å². The number of aliphatic carboxylic acids is 2. The number of hydrogen-bond acceptors (Lipinski definition) is 19. The van der Waals surface area contributed by atoms with Crippen molar-refractivity contribution >= 4 is 70.6 Å². The number of methoxy groups -OCH3 is 3. The van der Waals surface area contributed by atoms with E-state index in [0.29, 0.717) is 58.7 Å². The molecule has 4 saturated heterocycles. The number of benzene rings is 8. The number of amides is 3. The van der Waals surface area contributed by atoms with Crippen molar-refractivity contribution in [3.05, 3.63) is 230 Å². The van der Waals surface area contributed by atoms with Gasteiger partial charge >= 0.3 is 35.8 Å². The number of carbonyl (C=O) groups excluding carboxylic acids is 7. The average molecular weight is 1460 g/mol. The molecule has 3 amide bonds. The number of aliphatic hydroxyl groups is 1. The molecule has 0 aromatic heterocycles. The van der Waals surface area contributed by atoms with E-state index >= 15 is 0 Å². The molecule has 0 radical (unpaired) electrons. The van der Waals surface area contributed by atoms with Crippen molar-refractivity contribution in [2.24, 2.45) is 0 Å². The fourth-order valence-electron chi connectivity index (χ4n) is 12.4. The van der Waals surface area contributed by atoms with Crippen molar-refractivity contribution in [1.82, 2.24) is 0 Å². The first-order chi connectivity index (χ1) is 51.0. The Balaban J connectivity index is 0.000000195. The molecule has 4 fully saturated rings. The standard InChI is InChI=1S/C30H31NO7.C26H27NO4.C23H25NO7.C4H4O3.H2/c1-18-10-11-22(15-24(18)37-17-21-8-6-5-7-9-21)28-29(38-27(34)13-12-26(32)33)30(35)31(28)23-14-19(2)20(3)25(16-23)36-4;1-16-10-11-20(13-22(16)31-15-19-8-6-5-7-9-19)24-25(28)26(29)27(24)21-12-17(2)18(3)23(14-21)30-4;1-12-5-6-15(10-17(12)25)21-22(31-20(28)8-7-19(26)27)23(29)24(21)16-9-13(2)14(3)18(11-16)30-4;5-3-1-2-4(6)7-3;/h5-11,14-16,28-29H,12-13,17H2,1-4H3,(H,32,33);5-14,24-25,28H,15H2,1-4H3;5-6,9-11,21-22,25H,7-8H2,1-4H3,(H,26,27);1-2H2;1H/t28-,29+;24-,25+;21-,22+;;/m000../s1. The summed E-state index contributed by atoms with van der Waals surface area (Å²) in [6.07, 6.45) is -4.16. The lowest BCUT2D eigenvalue weighted by Crippen LogP contribution is -2.60. The van der Waals surface area contributed by atoms with Crippen LogP contribution in [0, 0.1) is 62.3 Å². The molecule has 0 spiro atoms. The maximum Gasteiger partial charge on any atom is 0.314 e. The Morgan fingerprint density at radius 3 is 1.10 bits per heavy atom. The molecule has 24 nitrogen and oxygen atoms in total. The minimum Gasteiger partial charge on any atom is -0.508 e. The number of carbonyl (C=O) groups is 9. The van der Waals surface area contributed by atoms with E-state index < -0.39 is 84.1 Å². The summed E-state index contributed by atoms with van der Waals surface area (Å²) in [7, 11) is 4.74. The van der Waals surface area contributed by atoms with E-state index in [4.69, 9.17) is 43.4 Å². The van der Waals surface area contributed by atoms with Gasteiger partial charge in [-0.25, -0.2) is 0 Å². The number of carboxylic acids is 2. The minimum atomic E-state index is -1.12. The quantitative estimate of drug-likeness (QED) is 0.0200. The Labute approximate surface area is 621 Å². The number of aryl methyl sites for hydroxylation is 6. The number of phenolic OH excluding ortho intramolecular Hbond substituents is 1. The number of esters is 4. The highest BCUT2D eigenvalue weighted by atomic mass is 16.6. The van der Waals surface area contributed by atoms with Crippen LogP contribution in [0.4, 0.5) is 17.1 Å².